The molecule has 4 rings (SSSR count). The van der Waals surface area contributed by atoms with E-state index in [0.29, 0.717) is 23.6 Å². The first-order chi connectivity index (χ1) is 14.5. The third-order valence-corrected chi connectivity index (χ3v) is 5.22. The van der Waals surface area contributed by atoms with Gasteiger partial charge in [-0.1, -0.05) is 12.1 Å². The summed E-state index contributed by atoms with van der Waals surface area (Å²) >= 11 is 0. The summed E-state index contributed by atoms with van der Waals surface area (Å²) in [7, 11) is 0. The van der Waals surface area contributed by atoms with Crippen LogP contribution in [0.4, 0.5) is 5.69 Å². The molecular weight excluding hydrogens is 380 g/mol. The number of aromatic nitrogens is 3. The summed E-state index contributed by atoms with van der Waals surface area (Å²) in [6.45, 7) is 4.78. The van der Waals surface area contributed by atoms with Gasteiger partial charge < -0.3 is 14.6 Å². The molecule has 1 amide bonds. The molecule has 0 spiro atoms. The first kappa shape index (κ1) is 20.0. The minimum Gasteiger partial charge on any atom is -0.376 e. The number of benzene rings is 1. The maximum absolute atomic E-state index is 13.0. The topological polar surface area (TPSA) is 86.1 Å². The minimum atomic E-state index is -0.421. The lowest BCUT2D eigenvalue weighted by atomic mass is 10.1. The summed E-state index contributed by atoms with van der Waals surface area (Å²) in [4.78, 5) is 34.5. The number of nitrogens with one attached hydrogen (secondary N) is 1. The number of nitrogens with zero attached hydrogens (tertiary/aromatic N) is 3. The second-order valence-electron chi connectivity index (χ2n) is 7.49. The average Bonchev–Trinajstić information content (AvgIpc) is 3.24. The highest BCUT2D eigenvalue weighted by atomic mass is 16.5. The molecule has 7 heteroatoms. The summed E-state index contributed by atoms with van der Waals surface area (Å²) in [6.07, 6.45) is 5.38. The lowest BCUT2D eigenvalue weighted by molar-refractivity contribution is 0.0952. The summed E-state index contributed by atoms with van der Waals surface area (Å²) in [5.41, 5.74) is 2.72. The molecule has 1 fully saturated rings. The van der Waals surface area contributed by atoms with Gasteiger partial charge in [-0.3, -0.25) is 9.59 Å². The van der Waals surface area contributed by atoms with Gasteiger partial charge >= 0.3 is 0 Å². The number of amides is 1. The van der Waals surface area contributed by atoms with Crippen molar-refractivity contribution in [2.24, 2.45) is 0 Å². The molecule has 7 nitrogen and oxygen atoms in total. The molecule has 1 aliphatic rings. The van der Waals surface area contributed by atoms with Crippen LogP contribution in [0.5, 0.6) is 0 Å². The van der Waals surface area contributed by atoms with Crippen LogP contribution in [0.1, 0.15) is 34.6 Å². The zero-order chi connectivity index (χ0) is 21.1. The number of anilines is 1. The molecule has 0 radical (unpaired) electrons. The maximum Gasteiger partial charge on any atom is 0.263 e. The van der Waals surface area contributed by atoms with E-state index in [-0.39, 0.29) is 17.2 Å². The minimum absolute atomic E-state index is 0.0225. The van der Waals surface area contributed by atoms with Gasteiger partial charge in [-0.15, -0.1) is 0 Å². The van der Waals surface area contributed by atoms with Crippen molar-refractivity contribution in [1.82, 2.24) is 14.5 Å². The Kier molecular flexibility index (Phi) is 5.72. The molecule has 1 unspecified atom stereocenters. The molecule has 3 heterocycles. The van der Waals surface area contributed by atoms with Crippen LogP contribution < -0.4 is 10.9 Å². The van der Waals surface area contributed by atoms with Crippen LogP contribution in [0.3, 0.4) is 0 Å². The van der Waals surface area contributed by atoms with Crippen molar-refractivity contribution in [3.05, 3.63) is 76.1 Å². The molecule has 1 saturated heterocycles. The quantitative estimate of drug-likeness (QED) is 0.705. The molecule has 154 valence electrons. The van der Waals surface area contributed by atoms with Gasteiger partial charge in [0.1, 0.15) is 11.4 Å². The van der Waals surface area contributed by atoms with E-state index < -0.39 is 5.91 Å². The highest BCUT2D eigenvalue weighted by Gasteiger charge is 2.20. The first-order valence-corrected chi connectivity index (χ1v) is 10.0. The normalized spacial score (nSPS) is 15.9. The smallest absolute Gasteiger partial charge is 0.263 e. The molecule has 1 aliphatic heterocycles. The Balaban J connectivity index is 1.58. The Bertz CT molecular complexity index is 1130. The number of aryl methyl sites for hydroxylation is 2. The zero-order valence-corrected chi connectivity index (χ0v) is 17.1. The predicted octanol–water partition coefficient (Wildman–Crippen LogP) is 3.35. The monoisotopic (exact) mass is 404 g/mol. The fourth-order valence-electron chi connectivity index (χ4n) is 3.66. The largest absolute Gasteiger partial charge is 0.376 e. The van der Waals surface area contributed by atoms with Crippen LogP contribution in [0, 0.1) is 13.8 Å². The van der Waals surface area contributed by atoms with Crippen LogP contribution in [0.15, 0.2) is 53.6 Å². The van der Waals surface area contributed by atoms with E-state index in [2.05, 4.69) is 15.3 Å². The van der Waals surface area contributed by atoms with E-state index in [1.54, 1.807) is 36.0 Å². The van der Waals surface area contributed by atoms with Gasteiger partial charge in [-0.05, 0) is 56.5 Å². The maximum atomic E-state index is 13.0. The van der Waals surface area contributed by atoms with E-state index in [9.17, 15) is 9.59 Å². The number of hydrogen-bond donors (Lipinski definition) is 1. The molecule has 1 atom stereocenters. The Morgan fingerprint density at radius 3 is 2.90 bits per heavy atom. The first-order valence-electron chi connectivity index (χ1n) is 10.0. The van der Waals surface area contributed by atoms with E-state index in [1.165, 1.54) is 0 Å². The Morgan fingerprint density at radius 1 is 1.27 bits per heavy atom. The van der Waals surface area contributed by atoms with Crippen molar-refractivity contribution in [3.8, 4) is 11.3 Å². The molecule has 2 aromatic heterocycles. The summed E-state index contributed by atoms with van der Waals surface area (Å²) < 4.78 is 7.20. The molecule has 0 bridgehead atoms. The third kappa shape index (κ3) is 4.31. The van der Waals surface area contributed by atoms with Gasteiger partial charge in [-0.2, -0.15) is 0 Å². The highest BCUT2D eigenvalue weighted by molar-refractivity contribution is 6.05. The highest BCUT2D eigenvalue weighted by Crippen LogP contribution is 2.21. The fourth-order valence-corrected chi connectivity index (χ4v) is 3.66. The summed E-state index contributed by atoms with van der Waals surface area (Å²) in [5.74, 6) is 0.254. The van der Waals surface area contributed by atoms with Gasteiger partial charge in [0.2, 0.25) is 0 Å². The number of carbonyl (C=O) groups is 1. The second kappa shape index (κ2) is 8.59. The van der Waals surface area contributed by atoms with Crippen molar-refractivity contribution >= 4 is 11.6 Å². The average molecular weight is 404 g/mol. The van der Waals surface area contributed by atoms with E-state index in [4.69, 9.17) is 4.74 Å². The number of rotatable bonds is 5. The Labute approximate surface area is 174 Å². The summed E-state index contributed by atoms with van der Waals surface area (Å²) in [6, 6.07) is 11.0. The molecule has 3 aromatic rings. The molecule has 0 aliphatic carbocycles. The lowest BCUT2D eigenvalue weighted by Crippen LogP contribution is -2.32. The van der Waals surface area contributed by atoms with Gasteiger partial charge in [-0.25, -0.2) is 9.97 Å². The van der Waals surface area contributed by atoms with Crippen LogP contribution >= 0.6 is 0 Å². The molecular formula is C23H24N4O3. The van der Waals surface area contributed by atoms with Crippen LogP contribution in [0.25, 0.3) is 11.3 Å². The van der Waals surface area contributed by atoms with Crippen molar-refractivity contribution < 1.29 is 9.53 Å². The number of pyridine rings is 1. The summed E-state index contributed by atoms with van der Waals surface area (Å²) in [5, 5.41) is 2.86. The van der Waals surface area contributed by atoms with E-state index in [0.717, 1.165) is 30.7 Å². The third-order valence-electron chi connectivity index (χ3n) is 5.22. The van der Waals surface area contributed by atoms with Crippen molar-refractivity contribution in [1.29, 1.82) is 0 Å². The number of hydrogen-bond acceptors (Lipinski definition) is 5. The van der Waals surface area contributed by atoms with Crippen LogP contribution in [0.2, 0.25) is 0 Å². The van der Waals surface area contributed by atoms with E-state index >= 15 is 0 Å². The predicted molar refractivity (Wildman–Crippen MR) is 115 cm³/mol. The molecule has 1 aromatic carbocycles. The van der Waals surface area contributed by atoms with Gasteiger partial charge in [0.25, 0.3) is 11.5 Å². The standard InChI is InChI=1S/C23H24N4O3/c1-15-9-11-27(14-19-7-4-12-30-19)23(29)21(15)22(28)26-18-6-3-5-17(13-18)20-8-10-24-16(2)25-20/h3,5-6,8-11,13,19H,4,7,12,14H2,1-2H3,(H,26,28). The van der Waals surface area contributed by atoms with Gasteiger partial charge in [0.15, 0.2) is 0 Å². The number of ether oxygens (including phenoxy) is 1. The fraction of sp³-hybridized carbons (Fsp3) is 0.304. The molecule has 30 heavy (non-hydrogen) atoms. The van der Waals surface area contributed by atoms with Gasteiger partial charge in [0.05, 0.1) is 18.3 Å². The van der Waals surface area contributed by atoms with Crippen molar-refractivity contribution in [2.75, 3.05) is 11.9 Å². The van der Waals surface area contributed by atoms with Crippen molar-refractivity contribution in [3.63, 3.8) is 0 Å². The molecule has 1 N–H and O–H groups in total. The molecule has 0 saturated carbocycles. The Morgan fingerprint density at radius 2 is 2.13 bits per heavy atom. The van der Waals surface area contributed by atoms with Crippen molar-refractivity contribution in [2.45, 2.75) is 39.3 Å². The second-order valence-corrected chi connectivity index (χ2v) is 7.49. The van der Waals surface area contributed by atoms with Crippen LogP contribution in [-0.4, -0.2) is 33.2 Å². The lowest BCUT2D eigenvalue weighted by Gasteiger charge is -2.14. The van der Waals surface area contributed by atoms with Crippen LogP contribution in [-0.2, 0) is 11.3 Å². The SMILES string of the molecule is Cc1nccc(-c2cccc(NC(=O)c3c(C)ccn(CC4CCCO4)c3=O)c2)n1. The van der Waals surface area contributed by atoms with E-state index in [1.807, 2.05) is 31.2 Å². The zero-order valence-electron chi connectivity index (χ0n) is 17.1. The van der Waals surface area contributed by atoms with Gasteiger partial charge in [0, 0.05) is 30.3 Å². The number of carbonyl (C=O) groups excluding carboxylic acids is 1. The Hall–Kier alpha value is -3.32.